The van der Waals surface area contributed by atoms with E-state index in [1.807, 2.05) is 17.9 Å². The number of nitrogens with zero attached hydrogens (tertiary/aromatic N) is 6. The molecule has 1 aromatic carbocycles. The quantitative estimate of drug-likeness (QED) is 0.610. The summed E-state index contributed by atoms with van der Waals surface area (Å²) in [5.41, 5.74) is 1.45. The number of amides is 1. The molecule has 2 aliphatic heterocycles. The molecule has 10 heteroatoms. The number of aromatic hydroxyl groups is 1. The number of phenolic OH excluding ortho intramolecular Hbond substituents is 1. The van der Waals surface area contributed by atoms with Gasteiger partial charge in [0.1, 0.15) is 15.5 Å². The number of piperazine rings is 1. The van der Waals surface area contributed by atoms with Gasteiger partial charge in [0.25, 0.3) is 0 Å². The van der Waals surface area contributed by atoms with E-state index < -0.39 is 0 Å². The number of carbonyl (C=O) groups excluding carboxylic acids is 1. The Morgan fingerprint density at radius 3 is 2.61 bits per heavy atom. The van der Waals surface area contributed by atoms with Gasteiger partial charge in [0.15, 0.2) is 17.3 Å². The highest BCUT2D eigenvalue weighted by atomic mass is 32.1. The van der Waals surface area contributed by atoms with Gasteiger partial charge in [-0.3, -0.25) is 9.69 Å². The Kier molecular flexibility index (Phi) is 6.39. The van der Waals surface area contributed by atoms with Crippen molar-refractivity contribution in [1.29, 1.82) is 0 Å². The molecular formula is C23H28N6O3S. The number of fused-ring (bicyclic) bond motifs is 1. The number of hydrogen-bond acceptors (Lipinski definition) is 9. The smallest absolute Gasteiger partial charge is 0.222 e. The van der Waals surface area contributed by atoms with E-state index in [-0.39, 0.29) is 11.7 Å². The van der Waals surface area contributed by atoms with Crippen molar-refractivity contribution in [3.63, 3.8) is 0 Å². The summed E-state index contributed by atoms with van der Waals surface area (Å²) in [4.78, 5) is 33.0. The minimum atomic E-state index is 0.184. The summed E-state index contributed by atoms with van der Waals surface area (Å²) in [5.74, 6) is 1.84. The molecule has 2 saturated heterocycles. The molecule has 3 aromatic rings. The van der Waals surface area contributed by atoms with E-state index in [4.69, 9.17) is 19.7 Å². The second-order valence-corrected chi connectivity index (χ2v) is 9.38. The van der Waals surface area contributed by atoms with Gasteiger partial charge in [-0.05, 0) is 12.1 Å². The highest BCUT2D eigenvalue weighted by Gasteiger charge is 2.24. The van der Waals surface area contributed by atoms with Gasteiger partial charge in [0.2, 0.25) is 5.91 Å². The van der Waals surface area contributed by atoms with Crippen molar-refractivity contribution in [1.82, 2.24) is 24.8 Å². The van der Waals surface area contributed by atoms with Crippen LogP contribution in [0.5, 0.6) is 5.75 Å². The average Bonchev–Trinajstić information content (AvgIpc) is 3.26. The number of carbonyl (C=O) groups is 1. The second-order valence-electron chi connectivity index (χ2n) is 8.29. The van der Waals surface area contributed by atoms with Crippen LogP contribution in [0.1, 0.15) is 18.4 Å². The lowest BCUT2D eigenvalue weighted by molar-refractivity contribution is -0.132. The van der Waals surface area contributed by atoms with Gasteiger partial charge in [-0.1, -0.05) is 19.1 Å². The van der Waals surface area contributed by atoms with E-state index in [0.717, 1.165) is 66.9 Å². The van der Waals surface area contributed by atoms with Crippen LogP contribution >= 0.6 is 11.3 Å². The second kappa shape index (κ2) is 9.58. The first kappa shape index (κ1) is 22.0. The zero-order chi connectivity index (χ0) is 22.8. The molecule has 0 radical (unpaired) electrons. The number of aromatic nitrogens is 3. The standard InChI is InChI=1S/C23H28N6O3S/c1-2-19(31)28-8-6-27(7-9-28)15-18-24-22-20(33-18)23(29-10-12-32-13-11-29)26-21(25-22)16-4-3-5-17(30)14-16/h3-5,14,30H,2,6-13,15H2,1H3. The summed E-state index contributed by atoms with van der Waals surface area (Å²) in [7, 11) is 0. The van der Waals surface area contributed by atoms with Crippen LogP contribution in [0.25, 0.3) is 21.7 Å². The van der Waals surface area contributed by atoms with Crippen LogP contribution in [0.15, 0.2) is 24.3 Å². The Morgan fingerprint density at radius 1 is 1.09 bits per heavy atom. The first-order valence-corrected chi connectivity index (χ1v) is 12.2. The van der Waals surface area contributed by atoms with E-state index in [2.05, 4.69) is 9.80 Å². The Bertz CT molecular complexity index is 1140. The fraction of sp³-hybridized carbons (Fsp3) is 0.478. The molecule has 1 N–H and O–H groups in total. The van der Waals surface area contributed by atoms with Crippen LogP contribution in [0, 0.1) is 0 Å². The third-order valence-corrected chi connectivity index (χ3v) is 7.11. The Balaban J connectivity index is 1.44. The van der Waals surface area contributed by atoms with Crippen molar-refractivity contribution < 1.29 is 14.6 Å². The molecule has 2 fully saturated rings. The van der Waals surface area contributed by atoms with Crippen LogP contribution < -0.4 is 4.90 Å². The first-order chi connectivity index (χ1) is 16.1. The predicted octanol–water partition coefficient (Wildman–Crippen LogP) is 2.35. The molecule has 0 unspecified atom stereocenters. The number of anilines is 1. The average molecular weight is 469 g/mol. The van der Waals surface area contributed by atoms with Gasteiger partial charge in [-0.15, -0.1) is 11.3 Å². The van der Waals surface area contributed by atoms with Crippen LogP contribution in [-0.4, -0.2) is 88.2 Å². The lowest BCUT2D eigenvalue weighted by atomic mass is 10.2. The molecule has 9 nitrogen and oxygen atoms in total. The molecule has 0 atom stereocenters. The molecule has 2 aliphatic rings. The summed E-state index contributed by atoms with van der Waals surface area (Å²) in [6.45, 7) is 8.73. The lowest BCUT2D eigenvalue weighted by Crippen LogP contribution is -2.48. The van der Waals surface area contributed by atoms with Gasteiger partial charge in [0.05, 0.1) is 19.8 Å². The van der Waals surface area contributed by atoms with Gasteiger partial charge in [-0.2, -0.15) is 0 Å². The van der Waals surface area contributed by atoms with Crippen molar-refractivity contribution in [3.8, 4) is 17.1 Å². The molecule has 5 rings (SSSR count). The van der Waals surface area contributed by atoms with Crippen LogP contribution in [0.3, 0.4) is 0 Å². The number of benzene rings is 1. The zero-order valence-electron chi connectivity index (χ0n) is 18.7. The Labute approximate surface area is 196 Å². The molecule has 0 aliphatic carbocycles. The fourth-order valence-corrected chi connectivity index (χ4v) is 5.32. The van der Waals surface area contributed by atoms with Gasteiger partial charge in [0, 0.05) is 51.3 Å². The maximum atomic E-state index is 12.0. The number of ether oxygens (including phenoxy) is 1. The van der Waals surface area contributed by atoms with Gasteiger partial charge < -0.3 is 19.6 Å². The highest BCUT2D eigenvalue weighted by molar-refractivity contribution is 7.19. The number of rotatable bonds is 5. The maximum Gasteiger partial charge on any atom is 0.222 e. The van der Waals surface area contributed by atoms with Crippen molar-refractivity contribution >= 4 is 33.4 Å². The number of thiazole rings is 1. The van der Waals surface area contributed by atoms with E-state index in [0.29, 0.717) is 31.1 Å². The third-order valence-electron chi connectivity index (χ3n) is 6.08. The lowest BCUT2D eigenvalue weighted by Gasteiger charge is -2.34. The number of phenols is 1. The molecule has 2 aromatic heterocycles. The Morgan fingerprint density at radius 2 is 1.88 bits per heavy atom. The van der Waals surface area contributed by atoms with Gasteiger partial charge >= 0.3 is 0 Å². The minimum Gasteiger partial charge on any atom is -0.508 e. The van der Waals surface area contributed by atoms with E-state index in [9.17, 15) is 9.90 Å². The van der Waals surface area contributed by atoms with Crippen molar-refractivity contribution in [3.05, 3.63) is 29.3 Å². The fourth-order valence-electron chi connectivity index (χ4n) is 4.25. The summed E-state index contributed by atoms with van der Waals surface area (Å²) in [6, 6.07) is 7.00. The topological polar surface area (TPSA) is 94.9 Å². The maximum absolute atomic E-state index is 12.0. The first-order valence-electron chi connectivity index (χ1n) is 11.4. The Hall–Kier alpha value is -2.82. The molecule has 4 heterocycles. The summed E-state index contributed by atoms with van der Waals surface area (Å²) >= 11 is 1.64. The molecule has 0 spiro atoms. The van der Waals surface area contributed by atoms with Crippen molar-refractivity contribution in [2.24, 2.45) is 0 Å². The molecule has 0 bridgehead atoms. The molecule has 33 heavy (non-hydrogen) atoms. The molecule has 0 saturated carbocycles. The zero-order valence-corrected chi connectivity index (χ0v) is 19.6. The van der Waals surface area contributed by atoms with Crippen molar-refractivity contribution in [2.45, 2.75) is 19.9 Å². The molecule has 1 amide bonds. The SMILES string of the molecule is CCC(=O)N1CCN(Cc2nc3nc(-c4cccc(O)c4)nc(N4CCOCC4)c3s2)CC1. The number of hydrogen-bond donors (Lipinski definition) is 1. The van der Waals surface area contributed by atoms with Gasteiger partial charge in [-0.25, -0.2) is 15.0 Å². The third kappa shape index (κ3) is 4.78. The minimum absolute atomic E-state index is 0.184. The highest BCUT2D eigenvalue weighted by Crippen LogP contribution is 2.33. The summed E-state index contributed by atoms with van der Waals surface area (Å²) in [6.07, 6.45) is 0.558. The van der Waals surface area contributed by atoms with Crippen LogP contribution in [0.4, 0.5) is 5.82 Å². The molecule has 174 valence electrons. The summed E-state index contributed by atoms with van der Waals surface area (Å²) in [5, 5.41) is 10.9. The largest absolute Gasteiger partial charge is 0.508 e. The molecular weight excluding hydrogens is 440 g/mol. The van der Waals surface area contributed by atoms with E-state index in [1.54, 1.807) is 29.5 Å². The predicted molar refractivity (Wildman–Crippen MR) is 127 cm³/mol. The normalized spacial score (nSPS) is 17.6. The summed E-state index contributed by atoms with van der Waals surface area (Å²) < 4.78 is 6.52. The number of morpholine rings is 1. The van der Waals surface area contributed by atoms with E-state index >= 15 is 0 Å². The van der Waals surface area contributed by atoms with Crippen molar-refractivity contribution in [2.75, 3.05) is 57.4 Å². The van der Waals surface area contributed by atoms with E-state index in [1.165, 1.54) is 0 Å². The van der Waals surface area contributed by atoms with Crippen LogP contribution in [0.2, 0.25) is 0 Å². The monoisotopic (exact) mass is 468 g/mol. The van der Waals surface area contributed by atoms with Crippen LogP contribution in [-0.2, 0) is 16.1 Å².